The van der Waals surface area contributed by atoms with Gasteiger partial charge in [-0.1, -0.05) is 26.2 Å². The Hall–Kier alpha value is -0.0400. The number of rotatable bonds is 1. The zero-order valence-corrected chi connectivity index (χ0v) is 9.60. The molecule has 1 heteroatoms. The molecule has 2 rings (SSSR count). The first-order chi connectivity index (χ1) is 6.71. The van der Waals surface area contributed by atoms with E-state index in [1.54, 1.807) is 0 Å². The highest BCUT2D eigenvalue weighted by Crippen LogP contribution is 2.47. The maximum absolute atomic E-state index is 5.97. The van der Waals surface area contributed by atoms with Gasteiger partial charge >= 0.3 is 0 Å². The molecule has 82 valence electrons. The Morgan fingerprint density at radius 3 is 2.07 bits per heavy atom. The molecule has 2 fully saturated rings. The molecule has 2 saturated carbocycles. The van der Waals surface area contributed by atoms with Crippen LogP contribution in [-0.4, -0.2) is 6.04 Å². The van der Waals surface area contributed by atoms with Crippen LogP contribution >= 0.6 is 0 Å². The molecule has 0 heterocycles. The Labute approximate surface area is 88.4 Å². The first kappa shape index (κ1) is 10.5. The maximum Gasteiger partial charge on any atom is 0.00390 e. The van der Waals surface area contributed by atoms with Crippen LogP contribution in [0.1, 0.15) is 64.7 Å². The van der Waals surface area contributed by atoms with Crippen LogP contribution in [0.5, 0.6) is 0 Å². The van der Waals surface area contributed by atoms with Gasteiger partial charge in [-0.05, 0) is 49.9 Å². The fourth-order valence-electron chi connectivity index (χ4n) is 3.58. The van der Waals surface area contributed by atoms with Gasteiger partial charge in [0, 0.05) is 6.04 Å². The van der Waals surface area contributed by atoms with Crippen LogP contribution in [0.25, 0.3) is 0 Å². The Kier molecular flexibility index (Phi) is 3.16. The number of hydrogen-bond donors (Lipinski definition) is 1. The van der Waals surface area contributed by atoms with Gasteiger partial charge < -0.3 is 5.73 Å². The van der Waals surface area contributed by atoms with Crippen molar-refractivity contribution in [3.05, 3.63) is 0 Å². The van der Waals surface area contributed by atoms with E-state index < -0.39 is 0 Å². The van der Waals surface area contributed by atoms with E-state index in [9.17, 15) is 0 Å². The van der Waals surface area contributed by atoms with Gasteiger partial charge in [0.2, 0.25) is 0 Å². The minimum Gasteiger partial charge on any atom is -0.328 e. The SMILES string of the molecule is CC1(C2CCC(N)CC2)CCCCC1. The summed E-state index contributed by atoms with van der Waals surface area (Å²) in [5.74, 6) is 0.989. The fraction of sp³-hybridized carbons (Fsp3) is 1.00. The monoisotopic (exact) mass is 195 g/mol. The summed E-state index contributed by atoms with van der Waals surface area (Å²) in [6.45, 7) is 2.54. The summed E-state index contributed by atoms with van der Waals surface area (Å²) in [6, 6.07) is 0.512. The van der Waals surface area contributed by atoms with Gasteiger partial charge in [0.1, 0.15) is 0 Å². The first-order valence-corrected chi connectivity index (χ1v) is 6.46. The predicted molar refractivity (Wildman–Crippen MR) is 61.1 cm³/mol. The lowest BCUT2D eigenvalue weighted by molar-refractivity contribution is 0.0831. The zero-order chi connectivity index (χ0) is 10.0. The van der Waals surface area contributed by atoms with Crippen molar-refractivity contribution in [3.63, 3.8) is 0 Å². The van der Waals surface area contributed by atoms with Crippen LogP contribution in [0, 0.1) is 11.3 Å². The van der Waals surface area contributed by atoms with E-state index in [1.165, 1.54) is 57.8 Å². The van der Waals surface area contributed by atoms with Gasteiger partial charge in [-0.15, -0.1) is 0 Å². The third-order valence-electron chi connectivity index (χ3n) is 4.75. The molecule has 0 bridgehead atoms. The van der Waals surface area contributed by atoms with Crippen LogP contribution in [-0.2, 0) is 0 Å². The third kappa shape index (κ3) is 2.13. The molecule has 2 aliphatic carbocycles. The van der Waals surface area contributed by atoms with Gasteiger partial charge in [0.05, 0.1) is 0 Å². The summed E-state index contributed by atoms with van der Waals surface area (Å²) < 4.78 is 0. The normalized spacial score (nSPS) is 38.1. The molecule has 0 spiro atoms. The standard InChI is InChI=1S/C13H25N/c1-13(9-3-2-4-10-13)11-5-7-12(14)8-6-11/h11-12H,2-10,14H2,1H3. The van der Waals surface area contributed by atoms with Crippen molar-refractivity contribution >= 4 is 0 Å². The van der Waals surface area contributed by atoms with Crippen molar-refractivity contribution in [2.24, 2.45) is 17.1 Å². The molecule has 0 atom stereocenters. The average molecular weight is 195 g/mol. The molecule has 0 unspecified atom stereocenters. The van der Waals surface area contributed by atoms with Gasteiger partial charge in [-0.2, -0.15) is 0 Å². The van der Waals surface area contributed by atoms with Crippen LogP contribution < -0.4 is 5.73 Å². The van der Waals surface area contributed by atoms with Crippen molar-refractivity contribution in [2.75, 3.05) is 0 Å². The van der Waals surface area contributed by atoms with E-state index in [4.69, 9.17) is 5.73 Å². The van der Waals surface area contributed by atoms with Crippen LogP contribution in [0.4, 0.5) is 0 Å². The molecule has 0 amide bonds. The molecule has 0 aromatic heterocycles. The van der Waals surface area contributed by atoms with E-state index in [0.717, 1.165) is 5.92 Å². The van der Waals surface area contributed by atoms with E-state index in [-0.39, 0.29) is 0 Å². The third-order valence-corrected chi connectivity index (χ3v) is 4.75. The van der Waals surface area contributed by atoms with Crippen molar-refractivity contribution in [3.8, 4) is 0 Å². The molecule has 0 saturated heterocycles. The summed E-state index contributed by atoms with van der Waals surface area (Å²) in [7, 11) is 0. The highest BCUT2D eigenvalue weighted by atomic mass is 14.6. The second kappa shape index (κ2) is 4.22. The van der Waals surface area contributed by atoms with E-state index in [2.05, 4.69) is 6.92 Å². The van der Waals surface area contributed by atoms with E-state index in [0.29, 0.717) is 11.5 Å². The van der Waals surface area contributed by atoms with E-state index in [1.807, 2.05) is 0 Å². The second-order valence-corrected chi connectivity index (χ2v) is 5.83. The summed E-state index contributed by atoms with van der Waals surface area (Å²) in [4.78, 5) is 0. The Balaban J connectivity index is 1.92. The van der Waals surface area contributed by atoms with Crippen molar-refractivity contribution in [1.29, 1.82) is 0 Å². The zero-order valence-electron chi connectivity index (χ0n) is 9.60. The summed E-state index contributed by atoms with van der Waals surface area (Å²) in [5, 5.41) is 0. The van der Waals surface area contributed by atoms with Gasteiger partial charge in [0.25, 0.3) is 0 Å². The molecular weight excluding hydrogens is 170 g/mol. The number of nitrogens with two attached hydrogens (primary N) is 1. The molecule has 1 nitrogen and oxygen atoms in total. The van der Waals surface area contributed by atoms with Crippen LogP contribution in [0.15, 0.2) is 0 Å². The van der Waals surface area contributed by atoms with Crippen molar-refractivity contribution in [1.82, 2.24) is 0 Å². The first-order valence-electron chi connectivity index (χ1n) is 6.46. The lowest BCUT2D eigenvalue weighted by Crippen LogP contribution is -2.36. The van der Waals surface area contributed by atoms with Gasteiger partial charge in [-0.3, -0.25) is 0 Å². The molecular formula is C13H25N. The molecule has 2 aliphatic rings. The quantitative estimate of drug-likeness (QED) is 0.681. The minimum atomic E-state index is 0.512. The lowest BCUT2D eigenvalue weighted by Gasteiger charge is -2.43. The maximum atomic E-state index is 5.97. The van der Waals surface area contributed by atoms with Crippen LogP contribution in [0.3, 0.4) is 0 Å². The highest BCUT2D eigenvalue weighted by Gasteiger charge is 2.36. The summed E-state index contributed by atoms with van der Waals surface area (Å²) in [5.41, 5.74) is 6.65. The Bertz CT molecular complexity index is 174. The minimum absolute atomic E-state index is 0.512. The van der Waals surface area contributed by atoms with Gasteiger partial charge in [0.15, 0.2) is 0 Å². The molecule has 14 heavy (non-hydrogen) atoms. The fourth-order valence-corrected chi connectivity index (χ4v) is 3.58. The van der Waals surface area contributed by atoms with Crippen molar-refractivity contribution in [2.45, 2.75) is 70.8 Å². The molecule has 2 N–H and O–H groups in total. The molecule has 0 aromatic carbocycles. The van der Waals surface area contributed by atoms with Crippen LogP contribution in [0.2, 0.25) is 0 Å². The lowest BCUT2D eigenvalue weighted by atomic mass is 9.62. The molecule has 0 aliphatic heterocycles. The van der Waals surface area contributed by atoms with E-state index >= 15 is 0 Å². The number of hydrogen-bond acceptors (Lipinski definition) is 1. The average Bonchev–Trinajstić information content (AvgIpc) is 2.19. The van der Waals surface area contributed by atoms with Gasteiger partial charge in [-0.25, -0.2) is 0 Å². The Morgan fingerprint density at radius 2 is 1.50 bits per heavy atom. The predicted octanol–water partition coefficient (Wildman–Crippen LogP) is 3.47. The topological polar surface area (TPSA) is 26.0 Å². The van der Waals surface area contributed by atoms with Crippen molar-refractivity contribution < 1.29 is 0 Å². The molecule has 0 aromatic rings. The smallest absolute Gasteiger partial charge is 0.00390 e. The largest absolute Gasteiger partial charge is 0.328 e. The molecule has 0 radical (unpaired) electrons. The Morgan fingerprint density at radius 1 is 0.929 bits per heavy atom. The summed E-state index contributed by atoms with van der Waals surface area (Å²) >= 11 is 0. The summed E-state index contributed by atoms with van der Waals surface area (Å²) in [6.07, 6.45) is 12.7. The highest BCUT2D eigenvalue weighted by molar-refractivity contribution is 4.88. The second-order valence-electron chi connectivity index (χ2n) is 5.83.